The number of para-hydroxylation sites is 2. The number of thioether (sulfide) groups is 2. The first-order valence-corrected chi connectivity index (χ1v) is 32.7. The van der Waals surface area contributed by atoms with Crippen molar-refractivity contribution < 1.29 is 66.8 Å². The number of Topliss-reactive ketones (excluding diaryl/α,β-unsaturated/α-hetero) is 2. The topological polar surface area (TPSA) is 286 Å². The molecule has 22 nitrogen and oxygen atoms in total. The highest BCUT2D eigenvalue weighted by Crippen LogP contribution is 2.44. The van der Waals surface area contributed by atoms with Gasteiger partial charge >= 0.3 is 23.9 Å². The Hall–Kier alpha value is -8.06. The van der Waals surface area contributed by atoms with Gasteiger partial charge in [0.1, 0.15) is 39.5 Å². The average molecular weight is 1270 g/mol. The van der Waals surface area contributed by atoms with Crippen LogP contribution in [-0.4, -0.2) is 129 Å². The lowest BCUT2D eigenvalue weighted by molar-refractivity contribution is -0.189. The lowest BCUT2D eigenvalue weighted by atomic mass is 9.76. The predicted molar refractivity (Wildman–Crippen MR) is 333 cm³/mol. The second-order valence-corrected chi connectivity index (χ2v) is 25.6. The Morgan fingerprint density at radius 2 is 1.09 bits per heavy atom. The Morgan fingerprint density at radius 3 is 1.54 bits per heavy atom. The number of hydrogen-bond donors (Lipinski definition) is 2. The van der Waals surface area contributed by atoms with E-state index in [4.69, 9.17) is 38.4 Å². The number of rotatable bonds is 28. The molecule has 1 saturated carbocycles. The zero-order valence-electron chi connectivity index (χ0n) is 50.5. The van der Waals surface area contributed by atoms with Gasteiger partial charge in [0.2, 0.25) is 23.0 Å². The Kier molecular flexibility index (Phi) is 19.2. The van der Waals surface area contributed by atoms with Crippen molar-refractivity contribution in [2.75, 3.05) is 62.5 Å². The molecule has 6 atom stereocenters. The Bertz CT molecular complexity index is 4020. The van der Waals surface area contributed by atoms with Gasteiger partial charge in [-0.1, -0.05) is 57.2 Å². The van der Waals surface area contributed by atoms with Crippen molar-refractivity contribution >= 4 is 92.6 Å². The van der Waals surface area contributed by atoms with E-state index in [0.29, 0.717) is 46.6 Å². The number of nitrogens with one attached hydrogen (secondary N) is 2. The first-order valence-electron chi connectivity index (χ1n) is 30.4. The minimum Gasteiger partial charge on any atom is -0.457 e. The van der Waals surface area contributed by atoms with Gasteiger partial charge in [-0.3, -0.25) is 38.4 Å². The fourth-order valence-electron chi connectivity index (χ4n) is 12.5. The molecule has 1 fully saturated rings. The summed E-state index contributed by atoms with van der Waals surface area (Å²) in [6.45, 7) is 5.07. The number of ether oxygens (including phenoxy) is 6. The molecule has 5 aliphatic rings. The Balaban J connectivity index is 0.675. The van der Waals surface area contributed by atoms with Gasteiger partial charge in [0.05, 0.1) is 77.2 Å². The van der Waals surface area contributed by atoms with Gasteiger partial charge in [-0.05, 0) is 98.8 Å². The van der Waals surface area contributed by atoms with Crippen LogP contribution in [0.25, 0.3) is 44.6 Å². The van der Waals surface area contributed by atoms with Crippen molar-refractivity contribution in [3.05, 3.63) is 127 Å². The summed E-state index contributed by atoms with van der Waals surface area (Å²) in [6, 6.07) is 22.5. The third-order valence-corrected chi connectivity index (χ3v) is 20.3. The molecule has 6 aromatic rings. The van der Waals surface area contributed by atoms with E-state index in [-0.39, 0.29) is 129 Å². The van der Waals surface area contributed by atoms with Crippen molar-refractivity contribution in [1.82, 2.24) is 29.7 Å². The number of benzene rings is 2. The summed E-state index contributed by atoms with van der Waals surface area (Å²) < 4.78 is 36.8. The number of esters is 4. The van der Waals surface area contributed by atoms with Crippen LogP contribution in [0, 0.1) is 23.7 Å². The quantitative estimate of drug-likeness (QED) is 0.0312. The Morgan fingerprint density at radius 1 is 0.633 bits per heavy atom. The van der Waals surface area contributed by atoms with Crippen LogP contribution >= 0.6 is 23.5 Å². The summed E-state index contributed by atoms with van der Waals surface area (Å²) in [6.07, 6.45) is 2.07. The number of hydrogen-bond acceptors (Lipinski definition) is 20. The lowest BCUT2D eigenvalue weighted by Crippen LogP contribution is -2.49. The molecule has 4 aromatic heterocycles. The lowest BCUT2D eigenvalue weighted by Gasteiger charge is -2.37. The number of fused-ring (bicyclic) bond motifs is 10. The van der Waals surface area contributed by atoms with Crippen LogP contribution in [-0.2, 0) is 104 Å². The minimum atomic E-state index is -2.00. The highest BCUT2D eigenvalue weighted by Gasteiger charge is 2.52. The van der Waals surface area contributed by atoms with Crippen LogP contribution in [0.15, 0.2) is 82.4 Å². The predicted octanol–water partition coefficient (Wildman–Crippen LogP) is 6.22. The molecule has 0 saturated heterocycles. The monoisotopic (exact) mass is 1270 g/mol. The van der Waals surface area contributed by atoms with Crippen LogP contribution in [0.4, 0.5) is 0 Å². The highest BCUT2D eigenvalue weighted by atomic mass is 32.2. The highest BCUT2D eigenvalue weighted by molar-refractivity contribution is 7.99. The molecule has 2 amide bonds. The molecule has 0 bridgehead atoms. The third-order valence-electron chi connectivity index (χ3n) is 17.7. The second-order valence-electron chi connectivity index (χ2n) is 23.4. The van der Waals surface area contributed by atoms with Gasteiger partial charge in [0.15, 0.2) is 11.6 Å². The van der Waals surface area contributed by atoms with Crippen LogP contribution < -0.4 is 21.8 Å². The summed E-state index contributed by atoms with van der Waals surface area (Å²) >= 11 is 3.14. The molecule has 11 rings (SSSR count). The maximum Gasteiger partial charge on any atom is 0.355 e. The first-order chi connectivity index (χ1) is 43.4. The van der Waals surface area contributed by atoms with Crippen LogP contribution in [0.3, 0.4) is 0 Å². The van der Waals surface area contributed by atoms with Crippen molar-refractivity contribution in [2.24, 2.45) is 23.7 Å². The smallest absolute Gasteiger partial charge is 0.355 e. The molecule has 0 spiro atoms. The summed E-state index contributed by atoms with van der Waals surface area (Å²) in [7, 11) is 0. The molecule has 2 aromatic carbocycles. The normalized spacial score (nSPS) is 19.8. The van der Waals surface area contributed by atoms with Crippen LogP contribution in [0.2, 0.25) is 0 Å². The van der Waals surface area contributed by atoms with E-state index in [2.05, 4.69) is 10.6 Å². The molecular formula is C66H70N6O16S2. The fraction of sp³-hybridized carbons (Fsp3) is 0.455. The van der Waals surface area contributed by atoms with Crippen molar-refractivity contribution in [1.29, 1.82) is 0 Å². The molecule has 0 radical (unpaired) electrons. The van der Waals surface area contributed by atoms with Gasteiger partial charge in [-0.2, -0.15) is 23.5 Å². The van der Waals surface area contributed by atoms with E-state index in [1.54, 1.807) is 46.9 Å². The largest absolute Gasteiger partial charge is 0.457 e. The van der Waals surface area contributed by atoms with E-state index in [1.165, 1.54) is 18.7 Å². The van der Waals surface area contributed by atoms with Gasteiger partial charge in [0, 0.05) is 56.9 Å². The second kappa shape index (κ2) is 27.2. The first kappa shape index (κ1) is 63.5. The molecule has 24 heteroatoms. The van der Waals surface area contributed by atoms with Gasteiger partial charge < -0.3 is 48.2 Å². The number of pyridine rings is 4. The molecule has 4 unspecified atom stereocenters. The summed E-state index contributed by atoms with van der Waals surface area (Å²) in [5.74, 6) is -3.59. The molecule has 1 aliphatic carbocycles. The van der Waals surface area contributed by atoms with Crippen LogP contribution in [0.5, 0.6) is 0 Å². The van der Waals surface area contributed by atoms with E-state index in [9.17, 15) is 47.9 Å². The maximum atomic E-state index is 14.1. The number of ketones is 2. The summed E-state index contributed by atoms with van der Waals surface area (Å²) in [5, 5.41) is 7.17. The van der Waals surface area contributed by atoms with Crippen molar-refractivity contribution in [2.45, 2.75) is 104 Å². The molecule has 4 aliphatic heterocycles. The van der Waals surface area contributed by atoms with E-state index >= 15 is 0 Å². The zero-order chi connectivity index (χ0) is 63.4. The van der Waals surface area contributed by atoms with Crippen molar-refractivity contribution in [3.8, 4) is 22.8 Å². The van der Waals surface area contributed by atoms with E-state index in [1.807, 2.05) is 67.6 Å². The van der Waals surface area contributed by atoms with Crippen LogP contribution in [0.1, 0.15) is 99.6 Å². The Labute approximate surface area is 526 Å². The molecule has 8 heterocycles. The average Bonchev–Trinajstić information content (AvgIpc) is 1.44. The zero-order valence-corrected chi connectivity index (χ0v) is 52.2. The molecule has 2 N–H and O–H groups in total. The standard InChI is InChI=1S/C66H70N6O16S2/c1-5-38(59(77)67-25-55(75)87-65(6-2)49-23-53-57-43(20-39-12-8-10-14-51(39)69-57)27-71(53)61(79)47(49)31-85-63(65)81)33-89-34-41-16-17-42(41)35-90-36-45(22-46(74)30-84-19-18-83-29-37(4)73)60(78)68-26-56(76)88-66(7-3)50-24-54-58-44(21-40-13-9-11-15-52(40)70-58)28-72(54)62(80)48(50)32-86-64(66)82/h8-15,20-21,23-24,38,41-42,45H,5-7,16-19,22,25-36H2,1-4H3,(H,67,77)(H,68,78)/t38?,41?,42?,45?,65-,66-/m0/s1. The van der Waals surface area contributed by atoms with Gasteiger partial charge in [-0.25, -0.2) is 19.6 Å². The number of nitrogens with zero attached hydrogens (tertiary/aromatic N) is 4. The van der Waals surface area contributed by atoms with Crippen molar-refractivity contribution in [3.63, 3.8) is 0 Å². The maximum absolute atomic E-state index is 14.1. The SMILES string of the molecule is CCC(CSCC1CCC1CSCC(CC(=O)COCCOCC(C)=O)C(=O)NCC(=O)O[C@]1(CC)C(=O)OCc2c1cc1n(c2=O)Cc2cc3ccccc3nc2-1)C(=O)NCC(=O)O[C@]1(CC)C(=O)OCc2c1cc1n(c2=O)Cc2cc3ccccc3nc2-1. The number of amides is 2. The van der Waals surface area contributed by atoms with Gasteiger partial charge in [-0.15, -0.1) is 0 Å². The molecular weight excluding hydrogens is 1200 g/mol. The summed E-state index contributed by atoms with van der Waals surface area (Å²) in [4.78, 5) is 145. The number of aromatic nitrogens is 4. The fourth-order valence-corrected chi connectivity index (χ4v) is 15.5. The minimum absolute atomic E-state index is 0.0288. The third kappa shape index (κ3) is 12.7. The number of cyclic esters (lactones) is 2. The van der Waals surface area contributed by atoms with Gasteiger partial charge in [0.25, 0.3) is 11.1 Å². The number of carbonyl (C=O) groups is 8. The number of carbonyl (C=O) groups excluding carboxylic acids is 8. The summed E-state index contributed by atoms with van der Waals surface area (Å²) in [5.41, 5.74) is 1.40. The van der Waals surface area contributed by atoms with E-state index < -0.39 is 71.5 Å². The van der Waals surface area contributed by atoms with E-state index in [0.717, 1.165) is 51.5 Å². The molecule has 472 valence electrons. The molecule has 90 heavy (non-hydrogen) atoms.